The molecule has 0 spiro atoms. The standard InChI is InChI=1S/C16H20ClNO2/c17-15-8-4-1-5-13(15)9-10-16(20)18(11-12-19)14-6-2-3-7-14/h1,4-5,8-10,14,19H,2-3,6-7,11-12H2. The number of benzene rings is 1. The van der Waals surface area contributed by atoms with Crippen LogP contribution in [0.25, 0.3) is 6.08 Å². The lowest BCUT2D eigenvalue weighted by Gasteiger charge is -2.27. The minimum atomic E-state index is -0.0501. The van der Waals surface area contributed by atoms with Gasteiger partial charge in [0.1, 0.15) is 0 Å². The predicted octanol–water partition coefficient (Wildman–Crippen LogP) is 3.12. The van der Waals surface area contributed by atoms with E-state index in [1.807, 2.05) is 18.2 Å². The van der Waals surface area contributed by atoms with Gasteiger partial charge in [0.15, 0.2) is 0 Å². The van der Waals surface area contributed by atoms with Gasteiger partial charge in [0.2, 0.25) is 5.91 Å². The van der Waals surface area contributed by atoms with Crippen LogP contribution in [0.3, 0.4) is 0 Å². The van der Waals surface area contributed by atoms with Crippen molar-refractivity contribution in [3.8, 4) is 0 Å². The van der Waals surface area contributed by atoms with Crippen molar-refractivity contribution in [1.29, 1.82) is 0 Å². The molecular weight excluding hydrogens is 274 g/mol. The molecule has 1 aliphatic rings. The molecule has 1 amide bonds. The van der Waals surface area contributed by atoms with Crippen molar-refractivity contribution in [2.24, 2.45) is 0 Å². The topological polar surface area (TPSA) is 40.5 Å². The van der Waals surface area contributed by atoms with Crippen molar-refractivity contribution in [1.82, 2.24) is 4.90 Å². The first-order valence-electron chi connectivity index (χ1n) is 7.06. The number of aliphatic hydroxyl groups is 1. The zero-order chi connectivity index (χ0) is 14.4. The van der Waals surface area contributed by atoms with Gasteiger partial charge >= 0.3 is 0 Å². The third-order valence-electron chi connectivity index (χ3n) is 3.70. The Bertz CT molecular complexity index is 481. The van der Waals surface area contributed by atoms with Gasteiger partial charge in [-0.05, 0) is 30.5 Å². The zero-order valence-electron chi connectivity index (χ0n) is 11.5. The molecule has 20 heavy (non-hydrogen) atoms. The van der Waals surface area contributed by atoms with Crippen LogP contribution >= 0.6 is 11.6 Å². The Labute approximate surface area is 124 Å². The SMILES string of the molecule is O=C(C=Cc1ccccc1Cl)N(CCO)C1CCCC1. The summed E-state index contributed by atoms with van der Waals surface area (Å²) in [6.07, 6.45) is 7.68. The number of hydrogen-bond acceptors (Lipinski definition) is 2. The summed E-state index contributed by atoms with van der Waals surface area (Å²) in [5, 5.41) is 9.77. The fraction of sp³-hybridized carbons (Fsp3) is 0.438. The van der Waals surface area contributed by atoms with Gasteiger partial charge in [0.25, 0.3) is 0 Å². The maximum absolute atomic E-state index is 12.3. The summed E-state index contributed by atoms with van der Waals surface area (Å²) in [6, 6.07) is 7.69. The van der Waals surface area contributed by atoms with Crippen LogP contribution < -0.4 is 0 Å². The fourth-order valence-corrected chi connectivity index (χ4v) is 2.86. The summed E-state index contributed by atoms with van der Waals surface area (Å²) in [4.78, 5) is 14.1. The highest BCUT2D eigenvalue weighted by Gasteiger charge is 2.24. The lowest BCUT2D eigenvalue weighted by atomic mass is 10.2. The Morgan fingerprint density at radius 2 is 2.05 bits per heavy atom. The Morgan fingerprint density at radius 3 is 2.70 bits per heavy atom. The number of aliphatic hydroxyl groups excluding tert-OH is 1. The van der Waals surface area contributed by atoms with Crippen molar-refractivity contribution in [3.63, 3.8) is 0 Å². The highest BCUT2D eigenvalue weighted by molar-refractivity contribution is 6.32. The van der Waals surface area contributed by atoms with Crippen LogP contribution in [0.5, 0.6) is 0 Å². The third kappa shape index (κ3) is 3.84. The number of carbonyl (C=O) groups is 1. The molecule has 0 aromatic heterocycles. The Morgan fingerprint density at radius 1 is 1.35 bits per heavy atom. The molecule has 0 radical (unpaired) electrons. The smallest absolute Gasteiger partial charge is 0.246 e. The first kappa shape index (κ1) is 15.1. The molecule has 0 atom stereocenters. The van der Waals surface area contributed by atoms with Gasteiger partial charge in [-0.2, -0.15) is 0 Å². The van der Waals surface area contributed by atoms with E-state index in [-0.39, 0.29) is 18.6 Å². The zero-order valence-corrected chi connectivity index (χ0v) is 12.2. The van der Waals surface area contributed by atoms with Gasteiger partial charge in [0.05, 0.1) is 6.61 Å². The van der Waals surface area contributed by atoms with Crippen molar-refractivity contribution < 1.29 is 9.90 Å². The molecule has 0 unspecified atom stereocenters. The van der Waals surface area contributed by atoms with Gasteiger partial charge in [0, 0.05) is 23.7 Å². The quantitative estimate of drug-likeness (QED) is 0.848. The molecule has 108 valence electrons. The number of halogens is 1. The summed E-state index contributed by atoms with van der Waals surface area (Å²) in [5.74, 6) is -0.0501. The second-order valence-electron chi connectivity index (χ2n) is 5.05. The van der Waals surface area contributed by atoms with Gasteiger partial charge < -0.3 is 10.0 Å². The predicted molar refractivity (Wildman–Crippen MR) is 81.5 cm³/mol. The highest BCUT2D eigenvalue weighted by Crippen LogP contribution is 2.24. The van der Waals surface area contributed by atoms with E-state index in [1.54, 1.807) is 23.1 Å². The molecule has 3 nitrogen and oxygen atoms in total. The number of amides is 1. The largest absolute Gasteiger partial charge is 0.395 e. The Kier molecular flexibility index (Phi) is 5.62. The Balaban J connectivity index is 2.06. The molecule has 1 fully saturated rings. The van der Waals surface area contributed by atoms with E-state index in [2.05, 4.69) is 0 Å². The van der Waals surface area contributed by atoms with E-state index < -0.39 is 0 Å². The Hall–Kier alpha value is -1.32. The van der Waals surface area contributed by atoms with E-state index in [4.69, 9.17) is 16.7 Å². The van der Waals surface area contributed by atoms with E-state index in [9.17, 15) is 4.79 Å². The van der Waals surface area contributed by atoms with E-state index >= 15 is 0 Å². The second-order valence-corrected chi connectivity index (χ2v) is 5.46. The van der Waals surface area contributed by atoms with Gasteiger partial charge in [-0.1, -0.05) is 42.6 Å². The van der Waals surface area contributed by atoms with Gasteiger partial charge in [-0.25, -0.2) is 0 Å². The molecular formula is C16H20ClNO2. The van der Waals surface area contributed by atoms with Crippen LogP contribution in [0.15, 0.2) is 30.3 Å². The van der Waals surface area contributed by atoms with Crippen LogP contribution in [0, 0.1) is 0 Å². The minimum Gasteiger partial charge on any atom is -0.395 e. The lowest BCUT2D eigenvalue weighted by molar-refractivity contribution is -0.128. The van der Waals surface area contributed by atoms with Crippen LogP contribution in [-0.2, 0) is 4.79 Å². The number of hydrogen-bond donors (Lipinski definition) is 1. The van der Waals surface area contributed by atoms with Crippen molar-refractivity contribution >= 4 is 23.6 Å². The summed E-state index contributed by atoms with van der Waals surface area (Å²) < 4.78 is 0. The lowest BCUT2D eigenvalue weighted by Crippen LogP contribution is -2.39. The van der Waals surface area contributed by atoms with Crippen molar-refractivity contribution in [3.05, 3.63) is 40.9 Å². The molecule has 1 aromatic carbocycles. The first-order valence-corrected chi connectivity index (χ1v) is 7.44. The van der Waals surface area contributed by atoms with E-state index in [1.165, 1.54) is 0 Å². The normalized spacial score (nSPS) is 15.9. The average molecular weight is 294 g/mol. The maximum Gasteiger partial charge on any atom is 0.246 e. The van der Waals surface area contributed by atoms with Crippen LogP contribution in [0.2, 0.25) is 5.02 Å². The second kappa shape index (κ2) is 7.46. The molecule has 1 aliphatic carbocycles. The first-order chi connectivity index (χ1) is 9.72. The summed E-state index contributed by atoms with van der Waals surface area (Å²) in [5.41, 5.74) is 0.831. The highest BCUT2D eigenvalue weighted by atomic mass is 35.5. The molecule has 4 heteroatoms. The van der Waals surface area contributed by atoms with Crippen LogP contribution in [0.1, 0.15) is 31.2 Å². The van der Waals surface area contributed by atoms with Crippen LogP contribution in [0.4, 0.5) is 0 Å². The van der Waals surface area contributed by atoms with Gasteiger partial charge in [-0.3, -0.25) is 4.79 Å². The van der Waals surface area contributed by atoms with Crippen molar-refractivity contribution in [2.45, 2.75) is 31.7 Å². The molecule has 1 N–H and O–H groups in total. The fourth-order valence-electron chi connectivity index (χ4n) is 2.66. The number of carbonyl (C=O) groups excluding carboxylic acids is 1. The number of rotatable bonds is 5. The molecule has 0 bridgehead atoms. The summed E-state index contributed by atoms with van der Waals surface area (Å²) in [7, 11) is 0. The minimum absolute atomic E-state index is 0.00216. The maximum atomic E-state index is 12.3. The number of nitrogens with zero attached hydrogens (tertiary/aromatic N) is 1. The van der Waals surface area contributed by atoms with Crippen molar-refractivity contribution in [2.75, 3.05) is 13.2 Å². The van der Waals surface area contributed by atoms with Gasteiger partial charge in [-0.15, -0.1) is 0 Å². The van der Waals surface area contributed by atoms with Crippen LogP contribution in [-0.4, -0.2) is 35.1 Å². The molecule has 2 rings (SSSR count). The summed E-state index contributed by atoms with van der Waals surface area (Å²) in [6.45, 7) is 0.401. The monoisotopic (exact) mass is 293 g/mol. The molecule has 1 aromatic rings. The van der Waals surface area contributed by atoms with E-state index in [0.29, 0.717) is 11.6 Å². The van der Waals surface area contributed by atoms with E-state index in [0.717, 1.165) is 31.2 Å². The molecule has 0 aliphatic heterocycles. The molecule has 0 saturated heterocycles. The third-order valence-corrected chi connectivity index (χ3v) is 4.04. The molecule has 0 heterocycles. The average Bonchev–Trinajstić information content (AvgIpc) is 2.97. The molecule has 1 saturated carbocycles. The summed E-state index contributed by atoms with van der Waals surface area (Å²) >= 11 is 6.06.